The Morgan fingerprint density at radius 3 is 2.91 bits per heavy atom. The van der Waals surface area contributed by atoms with Crippen molar-refractivity contribution in [2.75, 3.05) is 19.6 Å². The van der Waals surface area contributed by atoms with Crippen molar-refractivity contribution in [3.05, 3.63) is 22.3 Å². The lowest BCUT2D eigenvalue weighted by Crippen LogP contribution is -2.35. The van der Waals surface area contributed by atoms with Crippen LogP contribution in [0.5, 0.6) is 0 Å². The molecule has 23 heavy (non-hydrogen) atoms. The first-order valence-electron chi connectivity index (χ1n) is 7.47. The molecular formula is C14H18N6O2S. The Balaban J connectivity index is 1.71. The van der Waals surface area contributed by atoms with Gasteiger partial charge in [0.05, 0.1) is 5.56 Å². The van der Waals surface area contributed by atoms with Crippen molar-refractivity contribution in [3.8, 4) is 5.00 Å². The zero-order valence-electron chi connectivity index (χ0n) is 13.1. The summed E-state index contributed by atoms with van der Waals surface area (Å²) in [4.78, 5) is 27.0. The topological polar surface area (TPSA) is 93.0 Å². The molecule has 1 fully saturated rings. The Morgan fingerprint density at radius 2 is 2.26 bits per heavy atom. The quantitative estimate of drug-likeness (QED) is 0.868. The number of aryl methyl sites for hydroxylation is 1. The Morgan fingerprint density at radius 1 is 1.43 bits per heavy atom. The number of nitrogens with one attached hydrogen (secondary N) is 1. The average molecular weight is 334 g/mol. The molecule has 1 aliphatic rings. The third-order valence-corrected chi connectivity index (χ3v) is 5.19. The first-order chi connectivity index (χ1) is 11.1. The molecule has 0 bridgehead atoms. The molecule has 3 heterocycles. The van der Waals surface area contributed by atoms with Crippen LogP contribution in [0.1, 0.15) is 33.6 Å². The maximum absolute atomic E-state index is 12.6. The average Bonchev–Trinajstić information content (AvgIpc) is 3.23. The predicted molar refractivity (Wildman–Crippen MR) is 84.7 cm³/mol. The second kappa shape index (κ2) is 6.45. The van der Waals surface area contributed by atoms with Gasteiger partial charge in [0.25, 0.3) is 5.91 Å². The molecule has 1 aliphatic heterocycles. The van der Waals surface area contributed by atoms with E-state index in [1.807, 2.05) is 13.8 Å². The van der Waals surface area contributed by atoms with Crippen molar-refractivity contribution >= 4 is 23.2 Å². The number of tetrazole rings is 1. The van der Waals surface area contributed by atoms with Gasteiger partial charge in [-0.3, -0.25) is 9.59 Å². The van der Waals surface area contributed by atoms with Crippen LogP contribution in [0.3, 0.4) is 0 Å². The summed E-state index contributed by atoms with van der Waals surface area (Å²) in [5.41, 5.74) is 1.52. The molecule has 122 valence electrons. The minimum absolute atomic E-state index is 0.163. The molecule has 2 amide bonds. The fraction of sp³-hybridized carbons (Fsp3) is 0.500. The smallest absolute Gasteiger partial charge is 0.254 e. The van der Waals surface area contributed by atoms with Gasteiger partial charge in [0.2, 0.25) is 5.91 Å². The summed E-state index contributed by atoms with van der Waals surface area (Å²) in [6.07, 6.45) is 2.99. The number of aromatic nitrogens is 4. The van der Waals surface area contributed by atoms with Crippen molar-refractivity contribution in [1.82, 2.24) is 30.4 Å². The molecule has 2 aromatic rings. The van der Waals surface area contributed by atoms with Crippen LogP contribution in [-0.2, 0) is 4.79 Å². The molecule has 1 saturated heterocycles. The highest BCUT2D eigenvalue weighted by Crippen LogP contribution is 2.29. The van der Waals surface area contributed by atoms with Gasteiger partial charge in [-0.25, -0.2) is 0 Å². The number of likely N-dealkylation sites (tertiary alicyclic amines) is 1. The zero-order chi connectivity index (χ0) is 16.4. The van der Waals surface area contributed by atoms with Gasteiger partial charge in [0.1, 0.15) is 11.3 Å². The second-order valence-electron chi connectivity index (χ2n) is 5.46. The van der Waals surface area contributed by atoms with E-state index in [-0.39, 0.29) is 11.8 Å². The molecule has 1 N–H and O–H groups in total. The van der Waals surface area contributed by atoms with Gasteiger partial charge in [-0.15, -0.1) is 16.4 Å². The van der Waals surface area contributed by atoms with Crippen LogP contribution in [-0.4, -0.2) is 56.6 Å². The van der Waals surface area contributed by atoms with E-state index >= 15 is 0 Å². The van der Waals surface area contributed by atoms with E-state index in [1.54, 1.807) is 4.90 Å². The van der Waals surface area contributed by atoms with E-state index in [0.29, 0.717) is 30.1 Å². The van der Waals surface area contributed by atoms with Crippen LogP contribution in [0, 0.1) is 13.8 Å². The van der Waals surface area contributed by atoms with Crippen molar-refractivity contribution < 1.29 is 9.59 Å². The Bertz CT molecular complexity index is 724. The number of nitrogens with zero attached hydrogens (tertiary/aromatic N) is 5. The molecule has 0 aromatic carbocycles. The third-order valence-electron chi connectivity index (χ3n) is 3.99. The highest BCUT2D eigenvalue weighted by Gasteiger charge is 2.23. The van der Waals surface area contributed by atoms with Crippen LogP contribution in [0.25, 0.3) is 5.00 Å². The van der Waals surface area contributed by atoms with E-state index in [1.165, 1.54) is 22.3 Å². The first-order valence-corrected chi connectivity index (χ1v) is 8.29. The number of hydrogen-bond acceptors (Lipinski definition) is 6. The molecule has 0 radical (unpaired) electrons. The molecule has 0 saturated carbocycles. The Hall–Kier alpha value is -2.29. The fourth-order valence-corrected chi connectivity index (χ4v) is 3.70. The summed E-state index contributed by atoms with van der Waals surface area (Å²) < 4.78 is 1.50. The molecule has 0 spiro atoms. The molecule has 2 aromatic heterocycles. The summed E-state index contributed by atoms with van der Waals surface area (Å²) in [5.74, 6) is 0.000169. The summed E-state index contributed by atoms with van der Waals surface area (Å²) in [5, 5.41) is 14.7. The lowest BCUT2D eigenvalue weighted by molar-refractivity contribution is -0.127. The highest BCUT2D eigenvalue weighted by molar-refractivity contribution is 7.15. The summed E-state index contributed by atoms with van der Waals surface area (Å²) in [6.45, 7) is 5.65. The number of carbonyl (C=O) groups excluding carboxylic acids is 2. The monoisotopic (exact) mass is 334 g/mol. The van der Waals surface area contributed by atoms with Gasteiger partial charge in [-0.1, -0.05) is 0 Å². The molecule has 9 heteroatoms. The van der Waals surface area contributed by atoms with Gasteiger partial charge in [0.15, 0.2) is 0 Å². The zero-order valence-corrected chi connectivity index (χ0v) is 13.9. The number of thiophene rings is 1. The number of carbonyl (C=O) groups is 2. The van der Waals surface area contributed by atoms with Gasteiger partial charge >= 0.3 is 0 Å². The minimum Gasteiger partial charge on any atom is -0.350 e. The van der Waals surface area contributed by atoms with Gasteiger partial charge in [-0.05, 0) is 36.3 Å². The molecule has 0 unspecified atom stereocenters. The van der Waals surface area contributed by atoms with E-state index in [9.17, 15) is 9.59 Å². The van der Waals surface area contributed by atoms with Gasteiger partial charge in [-0.2, -0.15) is 4.68 Å². The van der Waals surface area contributed by atoms with Crippen molar-refractivity contribution in [2.24, 2.45) is 0 Å². The van der Waals surface area contributed by atoms with Crippen molar-refractivity contribution in [2.45, 2.75) is 26.7 Å². The Labute approximate surface area is 137 Å². The molecule has 3 rings (SSSR count). The third kappa shape index (κ3) is 3.09. The van der Waals surface area contributed by atoms with Crippen LogP contribution < -0.4 is 5.32 Å². The molecule has 8 nitrogen and oxygen atoms in total. The largest absolute Gasteiger partial charge is 0.350 e. The predicted octanol–water partition coefficient (Wildman–Crippen LogP) is 0.693. The van der Waals surface area contributed by atoms with E-state index < -0.39 is 0 Å². The first kappa shape index (κ1) is 15.6. The molecular weight excluding hydrogens is 316 g/mol. The second-order valence-corrected chi connectivity index (χ2v) is 6.66. The van der Waals surface area contributed by atoms with Gasteiger partial charge < -0.3 is 10.2 Å². The molecule has 0 aliphatic carbocycles. The van der Waals surface area contributed by atoms with Gasteiger partial charge in [0, 0.05) is 30.9 Å². The van der Waals surface area contributed by atoms with Crippen LogP contribution in [0.15, 0.2) is 6.33 Å². The van der Waals surface area contributed by atoms with Crippen molar-refractivity contribution in [1.29, 1.82) is 0 Å². The summed E-state index contributed by atoms with van der Waals surface area (Å²) in [7, 11) is 0. The van der Waals surface area contributed by atoms with Crippen LogP contribution in [0.2, 0.25) is 0 Å². The normalized spacial score (nSPS) is 14.5. The minimum atomic E-state index is -0.163. The fourth-order valence-electron chi connectivity index (χ4n) is 2.63. The van der Waals surface area contributed by atoms with E-state index in [4.69, 9.17) is 0 Å². The summed E-state index contributed by atoms with van der Waals surface area (Å²) >= 11 is 1.48. The van der Waals surface area contributed by atoms with E-state index in [2.05, 4.69) is 20.8 Å². The molecule has 0 atom stereocenters. The Kier molecular flexibility index (Phi) is 4.37. The maximum atomic E-state index is 12.6. The summed E-state index contributed by atoms with van der Waals surface area (Å²) in [6, 6.07) is 0. The number of rotatable bonds is 5. The van der Waals surface area contributed by atoms with Crippen LogP contribution in [0.4, 0.5) is 0 Å². The lowest BCUT2D eigenvalue weighted by Gasteiger charge is -2.15. The van der Waals surface area contributed by atoms with Crippen molar-refractivity contribution in [3.63, 3.8) is 0 Å². The number of hydrogen-bond donors (Lipinski definition) is 1. The van der Waals surface area contributed by atoms with Crippen LogP contribution >= 0.6 is 11.3 Å². The van der Waals surface area contributed by atoms with E-state index in [0.717, 1.165) is 23.4 Å². The highest BCUT2D eigenvalue weighted by atomic mass is 32.1. The lowest BCUT2D eigenvalue weighted by atomic mass is 10.1. The maximum Gasteiger partial charge on any atom is 0.254 e. The standard InChI is InChI=1S/C14H18N6O2S/c1-9-10(2)23-14(20-8-16-17-18-20)12(9)13(22)15-5-7-19-6-3-4-11(19)21/h8H,3-7H2,1-2H3,(H,15,22). The SMILES string of the molecule is Cc1sc(-n2cnnn2)c(C(=O)NCCN2CCCC2=O)c1C. The number of amides is 2.